The molecule has 0 bridgehead atoms. The first-order valence-corrected chi connectivity index (χ1v) is 9.77. The van der Waals surface area contributed by atoms with Gasteiger partial charge < -0.3 is 4.74 Å². The fourth-order valence-corrected chi connectivity index (χ4v) is 4.79. The number of ether oxygens (including phenoxy) is 1. The first kappa shape index (κ1) is 17.9. The number of aryl methyl sites for hydroxylation is 1. The highest BCUT2D eigenvalue weighted by Crippen LogP contribution is 2.29. The number of rotatable bonds is 4. The van der Waals surface area contributed by atoms with E-state index in [1.54, 1.807) is 29.6 Å². The summed E-state index contributed by atoms with van der Waals surface area (Å²) < 4.78 is 33.0. The third-order valence-corrected chi connectivity index (χ3v) is 6.66. The summed E-state index contributed by atoms with van der Waals surface area (Å²) in [5.74, 6) is 0.694. The second-order valence-corrected chi connectivity index (χ2v) is 8.34. The van der Waals surface area contributed by atoms with Crippen LogP contribution < -0.4 is 4.74 Å². The van der Waals surface area contributed by atoms with E-state index in [1.807, 2.05) is 32.2 Å². The molecule has 1 aliphatic rings. The Morgan fingerprint density at radius 1 is 1.08 bits per heavy atom. The van der Waals surface area contributed by atoms with Crippen molar-refractivity contribution in [3.05, 3.63) is 59.7 Å². The Bertz CT molecular complexity index is 837. The van der Waals surface area contributed by atoms with Gasteiger partial charge in [-0.2, -0.15) is 4.31 Å². The minimum atomic E-state index is -3.52. The van der Waals surface area contributed by atoms with E-state index in [4.69, 9.17) is 4.74 Å². The summed E-state index contributed by atoms with van der Waals surface area (Å²) in [5.41, 5.74) is 1.95. The standard InChI is InChI=1S/C19H24N2O3S/c1-15-13-17(9-10-19(15)24-3)25(22,23)21-12-11-20(2)18(14-21)16-7-5-4-6-8-16/h4-10,13,18H,11-12,14H2,1-3H3. The highest BCUT2D eigenvalue weighted by molar-refractivity contribution is 7.89. The van der Waals surface area contributed by atoms with Gasteiger partial charge in [0.05, 0.1) is 12.0 Å². The van der Waals surface area contributed by atoms with E-state index in [2.05, 4.69) is 17.0 Å². The summed E-state index contributed by atoms with van der Waals surface area (Å²) in [6.45, 7) is 3.50. The van der Waals surface area contributed by atoms with Crippen molar-refractivity contribution in [2.24, 2.45) is 0 Å². The molecular weight excluding hydrogens is 336 g/mol. The van der Waals surface area contributed by atoms with Crippen molar-refractivity contribution in [2.75, 3.05) is 33.8 Å². The van der Waals surface area contributed by atoms with Gasteiger partial charge in [0.2, 0.25) is 10.0 Å². The molecule has 1 unspecified atom stereocenters. The zero-order valence-electron chi connectivity index (χ0n) is 14.8. The molecule has 0 spiro atoms. The first-order chi connectivity index (χ1) is 11.9. The zero-order chi connectivity index (χ0) is 18.0. The lowest BCUT2D eigenvalue weighted by molar-refractivity contribution is 0.148. The number of hydrogen-bond donors (Lipinski definition) is 0. The second-order valence-electron chi connectivity index (χ2n) is 6.40. The van der Waals surface area contributed by atoms with Crippen LogP contribution in [0.4, 0.5) is 0 Å². The molecule has 2 aromatic carbocycles. The normalized spacial score (nSPS) is 19.7. The van der Waals surface area contributed by atoms with Gasteiger partial charge in [0.15, 0.2) is 0 Å². The molecule has 1 atom stereocenters. The quantitative estimate of drug-likeness (QED) is 0.841. The van der Waals surface area contributed by atoms with Gasteiger partial charge in [-0.3, -0.25) is 4.90 Å². The number of methoxy groups -OCH3 is 1. The van der Waals surface area contributed by atoms with Crippen molar-refractivity contribution < 1.29 is 13.2 Å². The van der Waals surface area contributed by atoms with Gasteiger partial charge in [0.1, 0.15) is 5.75 Å². The van der Waals surface area contributed by atoms with Crippen molar-refractivity contribution >= 4 is 10.0 Å². The van der Waals surface area contributed by atoms with E-state index in [0.29, 0.717) is 30.3 Å². The van der Waals surface area contributed by atoms with E-state index in [1.165, 1.54) is 0 Å². The molecule has 1 aliphatic heterocycles. The molecule has 0 radical (unpaired) electrons. The lowest BCUT2D eigenvalue weighted by Gasteiger charge is -2.39. The number of sulfonamides is 1. The Labute approximate surface area is 149 Å². The Balaban J connectivity index is 1.88. The van der Waals surface area contributed by atoms with Gasteiger partial charge in [-0.25, -0.2) is 8.42 Å². The average molecular weight is 360 g/mol. The van der Waals surface area contributed by atoms with Gasteiger partial charge in [-0.15, -0.1) is 0 Å². The van der Waals surface area contributed by atoms with Gasteiger partial charge in [-0.05, 0) is 43.3 Å². The van der Waals surface area contributed by atoms with Crippen LogP contribution in [0.1, 0.15) is 17.2 Å². The molecular formula is C19H24N2O3S. The summed E-state index contributed by atoms with van der Waals surface area (Å²) in [5, 5.41) is 0. The molecule has 0 N–H and O–H groups in total. The molecule has 5 nitrogen and oxygen atoms in total. The van der Waals surface area contributed by atoms with Crippen LogP contribution in [0.3, 0.4) is 0 Å². The topological polar surface area (TPSA) is 49.9 Å². The first-order valence-electron chi connectivity index (χ1n) is 8.33. The summed E-state index contributed by atoms with van der Waals surface area (Å²) in [4.78, 5) is 2.53. The third kappa shape index (κ3) is 3.56. The van der Waals surface area contributed by atoms with Gasteiger partial charge >= 0.3 is 0 Å². The van der Waals surface area contributed by atoms with Crippen LogP contribution in [0.15, 0.2) is 53.4 Å². The largest absolute Gasteiger partial charge is 0.496 e. The number of nitrogens with zero attached hydrogens (tertiary/aromatic N) is 2. The van der Waals surface area contributed by atoms with Crippen molar-refractivity contribution in [3.8, 4) is 5.75 Å². The fraction of sp³-hybridized carbons (Fsp3) is 0.368. The molecule has 134 valence electrons. The van der Waals surface area contributed by atoms with Gasteiger partial charge in [-0.1, -0.05) is 30.3 Å². The average Bonchev–Trinajstić information content (AvgIpc) is 2.62. The molecule has 0 aliphatic carbocycles. The van der Waals surface area contributed by atoms with Crippen molar-refractivity contribution in [1.82, 2.24) is 9.21 Å². The van der Waals surface area contributed by atoms with Crippen LogP contribution in [-0.2, 0) is 10.0 Å². The Morgan fingerprint density at radius 2 is 1.80 bits per heavy atom. The Morgan fingerprint density at radius 3 is 2.44 bits per heavy atom. The summed E-state index contributed by atoms with van der Waals surface area (Å²) in [6.07, 6.45) is 0. The Kier molecular flexibility index (Phi) is 5.13. The number of hydrogen-bond acceptors (Lipinski definition) is 4. The monoisotopic (exact) mass is 360 g/mol. The minimum absolute atomic E-state index is 0.0593. The van der Waals surface area contributed by atoms with Crippen LogP contribution in [0, 0.1) is 6.92 Å². The van der Waals surface area contributed by atoms with Crippen LogP contribution in [-0.4, -0.2) is 51.4 Å². The highest BCUT2D eigenvalue weighted by atomic mass is 32.2. The van der Waals surface area contributed by atoms with Crippen LogP contribution in [0.25, 0.3) is 0 Å². The number of benzene rings is 2. The molecule has 1 heterocycles. The van der Waals surface area contributed by atoms with E-state index >= 15 is 0 Å². The fourth-order valence-electron chi connectivity index (χ4n) is 3.26. The van der Waals surface area contributed by atoms with E-state index in [0.717, 1.165) is 11.1 Å². The highest BCUT2D eigenvalue weighted by Gasteiger charge is 2.33. The maximum Gasteiger partial charge on any atom is 0.243 e. The SMILES string of the molecule is COc1ccc(S(=O)(=O)N2CCN(C)C(c3ccccc3)C2)cc1C. The smallest absolute Gasteiger partial charge is 0.243 e. The molecule has 2 aromatic rings. The molecule has 0 aromatic heterocycles. The summed E-state index contributed by atoms with van der Waals surface area (Å²) in [7, 11) is 0.103. The maximum absolute atomic E-state index is 13.1. The van der Waals surface area contributed by atoms with Gasteiger partial charge in [0, 0.05) is 25.7 Å². The molecule has 1 fully saturated rings. The maximum atomic E-state index is 13.1. The zero-order valence-corrected chi connectivity index (χ0v) is 15.7. The molecule has 0 amide bonds. The Hall–Kier alpha value is -1.89. The second kappa shape index (κ2) is 7.15. The summed E-state index contributed by atoms with van der Waals surface area (Å²) >= 11 is 0. The van der Waals surface area contributed by atoms with E-state index in [-0.39, 0.29) is 6.04 Å². The van der Waals surface area contributed by atoms with Gasteiger partial charge in [0.25, 0.3) is 0 Å². The number of piperazine rings is 1. The van der Waals surface area contributed by atoms with E-state index in [9.17, 15) is 8.42 Å². The van der Waals surface area contributed by atoms with Crippen molar-refractivity contribution in [3.63, 3.8) is 0 Å². The predicted octanol–water partition coefficient (Wildman–Crippen LogP) is 2.68. The molecule has 25 heavy (non-hydrogen) atoms. The molecule has 3 rings (SSSR count). The van der Waals surface area contributed by atoms with Crippen LogP contribution in [0.2, 0.25) is 0 Å². The lowest BCUT2D eigenvalue weighted by Crippen LogP contribution is -2.48. The third-order valence-electron chi connectivity index (χ3n) is 4.80. The van der Waals surface area contributed by atoms with E-state index < -0.39 is 10.0 Å². The van der Waals surface area contributed by atoms with Crippen LogP contribution >= 0.6 is 0 Å². The van der Waals surface area contributed by atoms with Crippen molar-refractivity contribution in [2.45, 2.75) is 17.9 Å². The lowest BCUT2D eigenvalue weighted by atomic mass is 10.0. The molecule has 0 saturated carbocycles. The molecule has 1 saturated heterocycles. The predicted molar refractivity (Wildman–Crippen MR) is 98.3 cm³/mol. The number of likely N-dealkylation sites (N-methyl/N-ethyl adjacent to an activating group) is 1. The van der Waals surface area contributed by atoms with Crippen molar-refractivity contribution in [1.29, 1.82) is 0 Å². The van der Waals surface area contributed by atoms with Crippen LogP contribution in [0.5, 0.6) is 5.75 Å². The summed E-state index contributed by atoms with van der Waals surface area (Å²) in [6, 6.07) is 15.1. The molecule has 6 heteroatoms. The minimum Gasteiger partial charge on any atom is -0.496 e.